The normalized spacial score (nSPS) is 11.7. The molecule has 19 heteroatoms. The average Bonchev–Trinajstić information content (AvgIpc) is 3.74. The van der Waals surface area contributed by atoms with Crippen LogP contribution in [0.2, 0.25) is 10.0 Å². The van der Waals surface area contributed by atoms with Gasteiger partial charge in [-0.25, -0.2) is 23.0 Å². The second-order valence-electron chi connectivity index (χ2n) is 12.9. The van der Waals surface area contributed by atoms with Gasteiger partial charge in [-0.15, -0.1) is 0 Å². The molecule has 300 valence electrons. The summed E-state index contributed by atoms with van der Waals surface area (Å²) in [4.78, 5) is 60.2. The molecule has 0 spiro atoms. The van der Waals surface area contributed by atoms with Crippen molar-refractivity contribution in [2.75, 3.05) is 18.1 Å². The van der Waals surface area contributed by atoms with Gasteiger partial charge in [0, 0.05) is 43.8 Å². The molecule has 0 aliphatic heterocycles. The molecule has 4 heterocycles. The number of halogens is 2. The van der Waals surface area contributed by atoms with Gasteiger partial charge in [-0.2, -0.15) is 4.98 Å². The average molecular weight is 848 g/mol. The van der Waals surface area contributed by atoms with Crippen LogP contribution < -0.4 is 22.5 Å². The van der Waals surface area contributed by atoms with E-state index in [4.69, 9.17) is 28.3 Å². The molecule has 0 saturated heterocycles. The molecule has 56 heavy (non-hydrogen) atoms. The molecule has 1 N–H and O–H groups in total. The molecular formula is C37H44Cl2N8O7S2. The lowest BCUT2D eigenvalue weighted by Gasteiger charge is -2.11. The molecule has 0 fully saturated rings. The van der Waals surface area contributed by atoms with Crippen molar-refractivity contribution in [3.63, 3.8) is 0 Å². The summed E-state index contributed by atoms with van der Waals surface area (Å²) < 4.78 is 33.5. The molecule has 2 aromatic carbocycles. The van der Waals surface area contributed by atoms with Crippen LogP contribution in [0.1, 0.15) is 51.2 Å². The smallest absolute Gasteiger partial charge is 0.332 e. The fourth-order valence-electron chi connectivity index (χ4n) is 6.09. The van der Waals surface area contributed by atoms with Crippen molar-refractivity contribution in [2.24, 2.45) is 14.1 Å². The Balaban J connectivity index is 0.000000215. The van der Waals surface area contributed by atoms with Gasteiger partial charge in [0.2, 0.25) is 15.0 Å². The summed E-state index contributed by atoms with van der Waals surface area (Å²) in [5.41, 5.74) is 0.815. The lowest BCUT2D eigenvalue weighted by atomic mass is 10.2. The van der Waals surface area contributed by atoms with Gasteiger partial charge in [-0.3, -0.25) is 27.9 Å². The number of hydrogen-bond donors (Lipinski definition) is 1. The van der Waals surface area contributed by atoms with Crippen molar-refractivity contribution in [3.05, 3.63) is 111 Å². The van der Waals surface area contributed by atoms with Crippen LogP contribution >= 0.6 is 35.0 Å². The number of imidazole rings is 2. The number of aryl methyl sites for hydroxylation is 2. The first kappa shape index (κ1) is 42.7. The maximum Gasteiger partial charge on any atom is 0.332 e. The SMILES string of the molecule is CCCCn1c(=O)c2c(nc(SCC)n2Cc2ccc(Cl)cc2)n(C)c1=O.CCS(=O)(=O)c1nc2c(c(=O)n(CCCO)c(=O)n2C)n1Cc1ccc(Cl)cc1. The van der Waals surface area contributed by atoms with Gasteiger partial charge in [0.15, 0.2) is 27.5 Å². The quantitative estimate of drug-likeness (QED) is 0.156. The van der Waals surface area contributed by atoms with E-state index < -0.39 is 21.1 Å². The van der Waals surface area contributed by atoms with E-state index in [0.29, 0.717) is 34.3 Å². The number of fused-ring (bicyclic) bond motifs is 2. The van der Waals surface area contributed by atoms with Crippen molar-refractivity contribution in [1.82, 2.24) is 37.4 Å². The number of rotatable bonds is 14. The molecule has 15 nitrogen and oxygen atoms in total. The van der Waals surface area contributed by atoms with Crippen LogP contribution in [-0.2, 0) is 50.1 Å². The zero-order valence-corrected chi connectivity index (χ0v) is 34.9. The van der Waals surface area contributed by atoms with Crippen molar-refractivity contribution in [2.45, 2.75) is 76.5 Å². The molecule has 0 radical (unpaired) electrons. The van der Waals surface area contributed by atoms with E-state index in [2.05, 4.69) is 9.97 Å². The molecule has 4 aromatic heterocycles. The highest BCUT2D eigenvalue weighted by atomic mass is 35.5. The summed E-state index contributed by atoms with van der Waals surface area (Å²) >= 11 is 13.5. The van der Waals surface area contributed by atoms with Gasteiger partial charge in [-0.1, -0.05) is 86.4 Å². The number of aromatic nitrogens is 8. The number of benzene rings is 2. The number of unbranched alkanes of at least 4 members (excludes halogenated alkanes) is 1. The fourth-order valence-corrected chi connectivity index (χ4v) is 8.03. The van der Waals surface area contributed by atoms with E-state index in [1.54, 1.807) is 43.1 Å². The summed E-state index contributed by atoms with van der Waals surface area (Å²) in [6.45, 7) is 6.37. The van der Waals surface area contributed by atoms with E-state index in [-0.39, 0.29) is 59.4 Å². The van der Waals surface area contributed by atoms with Gasteiger partial charge in [0.1, 0.15) is 0 Å². The van der Waals surface area contributed by atoms with Crippen LogP contribution in [0.4, 0.5) is 0 Å². The molecule has 0 amide bonds. The number of thioether (sulfide) groups is 1. The van der Waals surface area contributed by atoms with Crippen LogP contribution in [0, 0.1) is 0 Å². The number of sulfone groups is 1. The third-order valence-corrected chi connectivity index (χ3v) is 12.1. The summed E-state index contributed by atoms with van der Waals surface area (Å²) in [7, 11) is -0.668. The monoisotopic (exact) mass is 846 g/mol. The van der Waals surface area contributed by atoms with Crippen molar-refractivity contribution >= 4 is 67.1 Å². The van der Waals surface area contributed by atoms with Gasteiger partial charge in [0.25, 0.3) is 11.1 Å². The van der Waals surface area contributed by atoms with Crippen LogP contribution in [0.15, 0.2) is 78.0 Å². The van der Waals surface area contributed by atoms with E-state index in [0.717, 1.165) is 44.0 Å². The van der Waals surface area contributed by atoms with E-state index in [1.165, 1.54) is 27.7 Å². The van der Waals surface area contributed by atoms with Gasteiger partial charge >= 0.3 is 11.4 Å². The summed E-state index contributed by atoms with van der Waals surface area (Å²) in [6.07, 6.45) is 1.91. The second kappa shape index (κ2) is 18.2. The van der Waals surface area contributed by atoms with Gasteiger partial charge in [0.05, 0.1) is 18.8 Å². The zero-order chi connectivity index (χ0) is 40.9. The molecule has 6 aromatic rings. The summed E-state index contributed by atoms with van der Waals surface area (Å²) in [5, 5.41) is 10.7. The Hall–Kier alpha value is -4.42. The first-order valence-electron chi connectivity index (χ1n) is 18.0. The van der Waals surface area contributed by atoms with Crippen molar-refractivity contribution in [3.8, 4) is 0 Å². The van der Waals surface area contributed by atoms with Crippen LogP contribution in [0.25, 0.3) is 22.3 Å². The minimum absolute atomic E-state index is 0.00115. The highest BCUT2D eigenvalue weighted by Crippen LogP contribution is 2.24. The third kappa shape index (κ3) is 8.76. The van der Waals surface area contributed by atoms with Gasteiger partial charge < -0.3 is 14.2 Å². The minimum atomic E-state index is -3.77. The van der Waals surface area contributed by atoms with E-state index in [9.17, 15) is 27.6 Å². The second-order valence-corrected chi connectivity index (χ2v) is 17.2. The summed E-state index contributed by atoms with van der Waals surface area (Å²) in [6, 6.07) is 14.3. The fraction of sp³-hybridized carbons (Fsp3) is 0.405. The van der Waals surface area contributed by atoms with Crippen LogP contribution in [-0.4, -0.2) is 69.0 Å². The Kier molecular flexibility index (Phi) is 13.9. The molecule has 0 atom stereocenters. The molecule has 0 aliphatic carbocycles. The maximum absolute atomic E-state index is 13.1. The number of aliphatic hydroxyl groups is 1. The number of aliphatic hydroxyl groups excluding tert-OH is 1. The molecule has 0 saturated carbocycles. The highest BCUT2D eigenvalue weighted by molar-refractivity contribution is 7.99. The molecule has 0 bridgehead atoms. The predicted molar refractivity (Wildman–Crippen MR) is 220 cm³/mol. The number of nitrogens with zero attached hydrogens (tertiary/aromatic N) is 8. The van der Waals surface area contributed by atoms with E-state index >= 15 is 0 Å². The topological polar surface area (TPSA) is 178 Å². The third-order valence-electron chi connectivity index (χ3n) is 9.11. The Morgan fingerprint density at radius 1 is 0.679 bits per heavy atom. The molecular weight excluding hydrogens is 803 g/mol. The highest BCUT2D eigenvalue weighted by Gasteiger charge is 2.27. The lowest BCUT2D eigenvalue weighted by molar-refractivity contribution is 0.277. The van der Waals surface area contributed by atoms with Crippen molar-refractivity contribution in [1.29, 1.82) is 0 Å². The predicted octanol–water partition coefficient (Wildman–Crippen LogP) is 4.28. The zero-order valence-electron chi connectivity index (χ0n) is 31.7. The van der Waals surface area contributed by atoms with Crippen molar-refractivity contribution < 1.29 is 13.5 Å². The minimum Gasteiger partial charge on any atom is -0.396 e. The first-order chi connectivity index (χ1) is 26.7. The summed E-state index contributed by atoms with van der Waals surface area (Å²) in [5.74, 6) is 0.617. The van der Waals surface area contributed by atoms with E-state index in [1.807, 2.05) is 42.7 Å². The maximum atomic E-state index is 13.1. The largest absolute Gasteiger partial charge is 0.396 e. The number of hydrogen-bond acceptors (Lipinski definition) is 10. The Morgan fingerprint density at radius 2 is 1.14 bits per heavy atom. The molecule has 0 unspecified atom stereocenters. The molecule has 6 rings (SSSR count). The standard InChI is InChI=1S/C19H23ClN4O2S.C18H21ClN4O5S/c1-4-6-11-23-17(25)15-16(22(3)19(23)26)21-18(27-5-2)24(15)12-13-7-9-14(20)10-8-13;1-3-29(27,28)17-20-15-14(23(17)11-12-5-7-13(19)8-6-12)16(25)22(9-4-10-24)18(26)21(15)2/h7-10H,4-6,11-12H2,1-3H3;5-8,24H,3-4,9-11H2,1-2H3. The Labute approximate surface area is 336 Å². The Morgan fingerprint density at radius 3 is 1.61 bits per heavy atom. The van der Waals surface area contributed by atoms with Crippen LogP contribution in [0.5, 0.6) is 0 Å². The van der Waals surface area contributed by atoms with Gasteiger partial charge in [-0.05, 0) is 54.0 Å². The Bertz CT molecular complexity index is 2710. The lowest BCUT2D eigenvalue weighted by Crippen LogP contribution is -2.40. The first-order valence-corrected chi connectivity index (χ1v) is 21.4. The molecule has 0 aliphatic rings. The van der Waals surface area contributed by atoms with Crippen LogP contribution in [0.3, 0.4) is 0 Å².